The van der Waals surface area contributed by atoms with E-state index < -0.39 is 5.60 Å². The Hall–Kier alpha value is -2.47. The highest BCUT2D eigenvalue weighted by Crippen LogP contribution is 2.21. The third kappa shape index (κ3) is 5.52. The maximum Gasteiger partial charge on any atom is 0.191 e. The molecule has 2 rings (SSSR count). The number of aliphatic imine (C=N–C) groups is 1. The molecule has 2 aromatic rings. The van der Waals surface area contributed by atoms with Crippen LogP contribution >= 0.6 is 0 Å². The third-order valence-corrected chi connectivity index (χ3v) is 4.06. The molecule has 0 bridgehead atoms. The highest BCUT2D eigenvalue weighted by atomic mass is 16.5. The van der Waals surface area contributed by atoms with Crippen LogP contribution < -0.4 is 15.4 Å². The van der Waals surface area contributed by atoms with Gasteiger partial charge in [0.25, 0.3) is 0 Å². The Morgan fingerprint density at radius 2 is 2.12 bits per heavy atom. The van der Waals surface area contributed by atoms with E-state index in [1.165, 1.54) is 5.56 Å². The van der Waals surface area contributed by atoms with Gasteiger partial charge in [-0.05, 0) is 51.0 Å². The van der Waals surface area contributed by atoms with Crippen molar-refractivity contribution in [2.75, 3.05) is 26.7 Å². The fourth-order valence-corrected chi connectivity index (χ4v) is 2.66. The lowest BCUT2D eigenvalue weighted by molar-refractivity contribution is 0.0437. The molecular weight excluding hydrogens is 330 g/mol. The molecule has 3 N–H and O–H groups in total. The summed E-state index contributed by atoms with van der Waals surface area (Å²) >= 11 is 0. The molecule has 0 aliphatic heterocycles. The molecular formula is C20H29N3O3. The van der Waals surface area contributed by atoms with Crippen molar-refractivity contribution in [1.82, 2.24) is 10.6 Å². The van der Waals surface area contributed by atoms with Gasteiger partial charge in [-0.15, -0.1) is 0 Å². The van der Waals surface area contributed by atoms with Crippen LogP contribution in [-0.2, 0) is 12.0 Å². The fraction of sp³-hybridized carbons (Fsp3) is 0.450. The van der Waals surface area contributed by atoms with Crippen molar-refractivity contribution in [3.05, 3.63) is 53.5 Å². The number of ether oxygens (including phenoxy) is 1. The summed E-state index contributed by atoms with van der Waals surface area (Å²) in [6.45, 7) is 7.40. The van der Waals surface area contributed by atoms with Crippen LogP contribution in [0.15, 0.2) is 46.0 Å². The SMILES string of the molecule is CCNC(=NCC(C)(O)c1ccco1)NCCc1cc(C)ccc1OC. The van der Waals surface area contributed by atoms with Gasteiger partial charge >= 0.3 is 0 Å². The maximum absolute atomic E-state index is 10.5. The zero-order valence-corrected chi connectivity index (χ0v) is 16.0. The summed E-state index contributed by atoms with van der Waals surface area (Å²) in [4.78, 5) is 4.49. The van der Waals surface area contributed by atoms with Crippen molar-refractivity contribution in [2.45, 2.75) is 32.8 Å². The number of rotatable bonds is 8. The number of aliphatic hydroxyl groups is 1. The Kier molecular flexibility index (Phi) is 7.09. The zero-order chi connectivity index (χ0) is 19.0. The molecule has 1 heterocycles. The van der Waals surface area contributed by atoms with E-state index in [0.717, 1.165) is 24.3 Å². The molecule has 142 valence electrons. The first kappa shape index (κ1) is 19.8. The highest BCUT2D eigenvalue weighted by molar-refractivity contribution is 5.79. The lowest BCUT2D eigenvalue weighted by Crippen LogP contribution is -2.39. The molecule has 6 heteroatoms. The van der Waals surface area contributed by atoms with Crippen molar-refractivity contribution in [1.29, 1.82) is 0 Å². The number of guanidine groups is 1. The number of nitrogens with one attached hydrogen (secondary N) is 2. The second-order valence-corrected chi connectivity index (χ2v) is 6.44. The average Bonchev–Trinajstić information content (AvgIpc) is 3.15. The Morgan fingerprint density at radius 1 is 1.31 bits per heavy atom. The van der Waals surface area contributed by atoms with Crippen LogP contribution in [-0.4, -0.2) is 37.8 Å². The predicted molar refractivity (Wildman–Crippen MR) is 104 cm³/mol. The van der Waals surface area contributed by atoms with Crippen molar-refractivity contribution in [2.24, 2.45) is 4.99 Å². The molecule has 0 amide bonds. The molecule has 0 saturated heterocycles. The van der Waals surface area contributed by atoms with Gasteiger partial charge in [-0.2, -0.15) is 0 Å². The Morgan fingerprint density at radius 3 is 2.77 bits per heavy atom. The number of aryl methyl sites for hydroxylation is 1. The molecule has 0 fully saturated rings. The summed E-state index contributed by atoms with van der Waals surface area (Å²) < 4.78 is 10.7. The van der Waals surface area contributed by atoms with Crippen LogP contribution in [0.1, 0.15) is 30.7 Å². The van der Waals surface area contributed by atoms with E-state index in [2.05, 4.69) is 28.6 Å². The van der Waals surface area contributed by atoms with E-state index in [4.69, 9.17) is 9.15 Å². The van der Waals surface area contributed by atoms with E-state index >= 15 is 0 Å². The third-order valence-electron chi connectivity index (χ3n) is 4.06. The standard InChI is InChI=1S/C20H29N3O3/c1-5-21-19(23-14-20(3,24)18-7-6-12-26-18)22-11-10-16-13-15(2)8-9-17(16)25-4/h6-9,12-13,24H,5,10-11,14H2,1-4H3,(H2,21,22,23). The summed E-state index contributed by atoms with van der Waals surface area (Å²) in [5.41, 5.74) is 1.21. The number of methoxy groups -OCH3 is 1. The van der Waals surface area contributed by atoms with Crippen molar-refractivity contribution in [3.8, 4) is 5.75 Å². The fourth-order valence-electron chi connectivity index (χ4n) is 2.66. The van der Waals surface area contributed by atoms with E-state index in [0.29, 0.717) is 18.3 Å². The lowest BCUT2D eigenvalue weighted by Gasteiger charge is -2.19. The van der Waals surface area contributed by atoms with Crippen LogP contribution in [0.25, 0.3) is 0 Å². The van der Waals surface area contributed by atoms with Crippen LogP contribution in [0.5, 0.6) is 5.75 Å². The van der Waals surface area contributed by atoms with Crippen LogP contribution in [0.3, 0.4) is 0 Å². The smallest absolute Gasteiger partial charge is 0.191 e. The number of benzene rings is 1. The van der Waals surface area contributed by atoms with Gasteiger partial charge in [-0.3, -0.25) is 0 Å². The number of furan rings is 1. The Balaban J connectivity index is 1.97. The zero-order valence-electron chi connectivity index (χ0n) is 16.0. The molecule has 6 nitrogen and oxygen atoms in total. The lowest BCUT2D eigenvalue weighted by atomic mass is 10.0. The Labute approximate surface area is 155 Å². The molecule has 0 aliphatic rings. The quantitative estimate of drug-likeness (QED) is 0.499. The van der Waals surface area contributed by atoms with E-state index in [-0.39, 0.29) is 6.54 Å². The maximum atomic E-state index is 10.5. The van der Waals surface area contributed by atoms with Gasteiger partial charge in [0.2, 0.25) is 0 Å². The van der Waals surface area contributed by atoms with Gasteiger partial charge in [0, 0.05) is 13.1 Å². The number of nitrogens with zero attached hydrogens (tertiary/aromatic N) is 1. The van der Waals surface area contributed by atoms with E-state index in [1.54, 1.807) is 32.4 Å². The summed E-state index contributed by atoms with van der Waals surface area (Å²) in [5, 5.41) is 17.0. The minimum absolute atomic E-state index is 0.198. The monoisotopic (exact) mass is 359 g/mol. The summed E-state index contributed by atoms with van der Waals surface area (Å²) in [7, 11) is 1.68. The highest BCUT2D eigenvalue weighted by Gasteiger charge is 2.26. The molecule has 0 aliphatic carbocycles. The normalized spacial score (nSPS) is 14.0. The molecule has 1 unspecified atom stereocenters. The van der Waals surface area contributed by atoms with Gasteiger partial charge in [-0.1, -0.05) is 17.7 Å². The second kappa shape index (κ2) is 9.29. The first-order chi connectivity index (χ1) is 12.5. The van der Waals surface area contributed by atoms with E-state index in [1.807, 2.05) is 19.1 Å². The van der Waals surface area contributed by atoms with Crippen LogP contribution in [0, 0.1) is 6.92 Å². The molecule has 1 aromatic carbocycles. The molecule has 0 saturated carbocycles. The minimum Gasteiger partial charge on any atom is -0.496 e. The molecule has 26 heavy (non-hydrogen) atoms. The van der Waals surface area contributed by atoms with Crippen molar-refractivity contribution < 1.29 is 14.3 Å². The number of hydrogen-bond donors (Lipinski definition) is 3. The molecule has 0 spiro atoms. The Bertz CT molecular complexity index is 709. The minimum atomic E-state index is -1.15. The summed E-state index contributed by atoms with van der Waals surface area (Å²) in [6.07, 6.45) is 2.36. The number of hydrogen-bond acceptors (Lipinski definition) is 4. The van der Waals surface area contributed by atoms with Gasteiger partial charge in [0.15, 0.2) is 5.96 Å². The van der Waals surface area contributed by atoms with Gasteiger partial charge in [0.05, 0.1) is 19.9 Å². The first-order valence-corrected chi connectivity index (χ1v) is 8.88. The first-order valence-electron chi connectivity index (χ1n) is 8.88. The largest absolute Gasteiger partial charge is 0.496 e. The van der Waals surface area contributed by atoms with Gasteiger partial charge < -0.3 is 24.9 Å². The van der Waals surface area contributed by atoms with Crippen molar-refractivity contribution >= 4 is 5.96 Å². The summed E-state index contributed by atoms with van der Waals surface area (Å²) in [5.74, 6) is 2.05. The van der Waals surface area contributed by atoms with Crippen LogP contribution in [0.4, 0.5) is 0 Å². The predicted octanol–water partition coefficient (Wildman–Crippen LogP) is 2.60. The molecule has 1 atom stereocenters. The van der Waals surface area contributed by atoms with Gasteiger partial charge in [0.1, 0.15) is 17.1 Å². The summed E-state index contributed by atoms with van der Waals surface area (Å²) in [6, 6.07) is 9.67. The van der Waals surface area contributed by atoms with E-state index in [9.17, 15) is 5.11 Å². The van der Waals surface area contributed by atoms with Crippen molar-refractivity contribution in [3.63, 3.8) is 0 Å². The van der Waals surface area contributed by atoms with Crippen LogP contribution in [0.2, 0.25) is 0 Å². The second-order valence-electron chi connectivity index (χ2n) is 6.44. The van der Waals surface area contributed by atoms with Gasteiger partial charge in [-0.25, -0.2) is 4.99 Å². The molecule has 1 aromatic heterocycles. The topological polar surface area (TPSA) is 79.0 Å². The average molecular weight is 359 g/mol. The molecule has 0 radical (unpaired) electrons.